The number of benzene rings is 1. The van der Waals surface area contributed by atoms with Crippen molar-refractivity contribution in [1.29, 1.82) is 0 Å². The van der Waals surface area contributed by atoms with E-state index < -0.39 is 11.7 Å². The zero-order valence-electron chi connectivity index (χ0n) is 16.3. The van der Waals surface area contributed by atoms with Gasteiger partial charge in [-0.2, -0.15) is 13.2 Å². The van der Waals surface area contributed by atoms with Gasteiger partial charge in [0.05, 0.1) is 30.4 Å². The highest BCUT2D eigenvalue weighted by Crippen LogP contribution is 2.38. The third-order valence-corrected chi connectivity index (χ3v) is 6.48. The van der Waals surface area contributed by atoms with Crippen molar-refractivity contribution in [3.05, 3.63) is 35.4 Å². The van der Waals surface area contributed by atoms with E-state index in [2.05, 4.69) is 23.6 Å². The molecule has 154 valence electrons. The maximum absolute atomic E-state index is 12.8. The van der Waals surface area contributed by atoms with Crippen molar-refractivity contribution < 1.29 is 22.7 Å². The van der Waals surface area contributed by atoms with Crippen molar-refractivity contribution >= 4 is 5.91 Å². The summed E-state index contributed by atoms with van der Waals surface area (Å²) in [4.78, 5) is 17.1. The summed E-state index contributed by atoms with van der Waals surface area (Å²) in [5.41, 5.74) is 0.247. The van der Waals surface area contributed by atoms with Gasteiger partial charge in [0.25, 0.3) is 0 Å². The first kappa shape index (κ1) is 19.7. The molecule has 3 fully saturated rings. The number of carbonyl (C=O) groups is 1. The van der Waals surface area contributed by atoms with E-state index in [0.717, 1.165) is 37.1 Å². The van der Waals surface area contributed by atoms with Crippen LogP contribution < -0.4 is 0 Å². The van der Waals surface area contributed by atoms with Gasteiger partial charge in [-0.25, -0.2) is 0 Å². The minimum Gasteiger partial charge on any atom is -0.374 e. The Balaban J connectivity index is 1.53. The van der Waals surface area contributed by atoms with Gasteiger partial charge in [0.2, 0.25) is 5.91 Å². The van der Waals surface area contributed by atoms with Gasteiger partial charge in [0.15, 0.2) is 0 Å². The Labute approximate surface area is 163 Å². The molecule has 0 bridgehead atoms. The number of alkyl halides is 3. The average Bonchev–Trinajstić information content (AvgIpc) is 2.65. The van der Waals surface area contributed by atoms with E-state index in [4.69, 9.17) is 4.74 Å². The highest BCUT2D eigenvalue weighted by atomic mass is 19.4. The second-order valence-corrected chi connectivity index (χ2v) is 8.53. The quantitative estimate of drug-likeness (QED) is 0.781. The summed E-state index contributed by atoms with van der Waals surface area (Å²) >= 11 is 0. The Bertz CT molecular complexity index is 719. The number of carbonyl (C=O) groups excluding carboxylic acids is 1. The van der Waals surface area contributed by atoms with Crippen LogP contribution in [0.1, 0.15) is 44.2 Å². The number of halogens is 3. The number of likely N-dealkylation sites (tertiary alicyclic amines) is 1. The van der Waals surface area contributed by atoms with E-state index in [0.29, 0.717) is 25.5 Å². The Hall–Kier alpha value is -1.60. The SMILES string of the molecule is CC(C)[C@H]1CO[C@@H]2CCN(Cc3ccc(C(F)(F)F)cc3)[C@H]3CCC(=O)N1[C@@H]23. The first-order valence-electron chi connectivity index (χ1n) is 10.1. The molecule has 0 aromatic heterocycles. The number of hydrogen-bond donors (Lipinski definition) is 0. The molecule has 3 saturated heterocycles. The number of amides is 1. The number of hydrogen-bond acceptors (Lipinski definition) is 3. The highest BCUT2D eigenvalue weighted by molar-refractivity contribution is 5.78. The molecule has 28 heavy (non-hydrogen) atoms. The predicted molar refractivity (Wildman–Crippen MR) is 98.5 cm³/mol. The summed E-state index contributed by atoms with van der Waals surface area (Å²) in [6.07, 6.45) is -2.09. The monoisotopic (exact) mass is 396 g/mol. The van der Waals surface area contributed by atoms with Crippen molar-refractivity contribution in [1.82, 2.24) is 9.80 Å². The average molecular weight is 396 g/mol. The second-order valence-electron chi connectivity index (χ2n) is 8.53. The van der Waals surface area contributed by atoms with Crippen LogP contribution in [0.4, 0.5) is 13.2 Å². The number of nitrogens with zero attached hydrogens (tertiary/aromatic N) is 2. The van der Waals surface area contributed by atoms with Gasteiger partial charge < -0.3 is 9.64 Å². The largest absolute Gasteiger partial charge is 0.416 e. The minimum atomic E-state index is -4.31. The summed E-state index contributed by atoms with van der Waals surface area (Å²) in [7, 11) is 0. The third-order valence-electron chi connectivity index (χ3n) is 6.48. The number of piperidine rings is 2. The summed E-state index contributed by atoms with van der Waals surface area (Å²) in [5, 5.41) is 0. The Morgan fingerprint density at radius 3 is 2.54 bits per heavy atom. The van der Waals surface area contributed by atoms with Crippen molar-refractivity contribution in [3.63, 3.8) is 0 Å². The van der Waals surface area contributed by atoms with E-state index >= 15 is 0 Å². The Morgan fingerprint density at radius 2 is 1.89 bits per heavy atom. The lowest BCUT2D eigenvalue weighted by atomic mass is 9.81. The van der Waals surface area contributed by atoms with Crippen molar-refractivity contribution in [2.24, 2.45) is 5.92 Å². The van der Waals surface area contributed by atoms with Crippen LogP contribution >= 0.6 is 0 Å². The highest BCUT2D eigenvalue weighted by Gasteiger charge is 2.51. The molecule has 1 aromatic carbocycles. The van der Waals surface area contributed by atoms with E-state index in [1.165, 1.54) is 0 Å². The molecular weight excluding hydrogens is 369 g/mol. The molecule has 4 nitrogen and oxygen atoms in total. The van der Waals surface area contributed by atoms with Crippen LogP contribution in [0.2, 0.25) is 0 Å². The molecule has 3 heterocycles. The molecule has 3 aliphatic rings. The van der Waals surface area contributed by atoms with Gasteiger partial charge in [-0.1, -0.05) is 26.0 Å². The lowest BCUT2D eigenvalue weighted by molar-refractivity contribution is -0.187. The van der Waals surface area contributed by atoms with Gasteiger partial charge in [0, 0.05) is 25.6 Å². The maximum Gasteiger partial charge on any atom is 0.416 e. The normalized spacial score (nSPS) is 31.2. The van der Waals surface area contributed by atoms with Crippen LogP contribution in [0.25, 0.3) is 0 Å². The van der Waals surface area contributed by atoms with Crippen LogP contribution in [-0.2, 0) is 22.3 Å². The van der Waals surface area contributed by atoms with Gasteiger partial charge in [0.1, 0.15) is 0 Å². The van der Waals surface area contributed by atoms with Crippen molar-refractivity contribution in [2.75, 3.05) is 13.2 Å². The summed E-state index contributed by atoms with van der Waals surface area (Å²) in [6.45, 7) is 6.26. The lowest BCUT2D eigenvalue weighted by Crippen LogP contribution is -2.71. The van der Waals surface area contributed by atoms with Crippen LogP contribution in [0, 0.1) is 5.92 Å². The summed E-state index contributed by atoms with van der Waals surface area (Å²) < 4.78 is 44.6. The summed E-state index contributed by atoms with van der Waals surface area (Å²) in [6, 6.07) is 5.77. The first-order chi connectivity index (χ1) is 13.3. The van der Waals surface area contributed by atoms with Gasteiger partial charge >= 0.3 is 6.18 Å². The van der Waals surface area contributed by atoms with E-state index in [1.807, 2.05) is 0 Å². The lowest BCUT2D eigenvalue weighted by Gasteiger charge is -2.57. The van der Waals surface area contributed by atoms with Crippen molar-refractivity contribution in [3.8, 4) is 0 Å². The van der Waals surface area contributed by atoms with Crippen LogP contribution in [0.5, 0.6) is 0 Å². The van der Waals surface area contributed by atoms with E-state index in [1.54, 1.807) is 12.1 Å². The van der Waals surface area contributed by atoms with Gasteiger partial charge in [-0.3, -0.25) is 9.69 Å². The molecule has 0 N–H and O–H groups in total. The van der Waals surface area contributed by atoms with Crippen LogP contribution in [0.3, 0.4) is 0 Å². The standard InChI is InChI=1S/C21H27F3N2O2/c1-13(2)17-12-28-18-9-10-25(16-7-8-19(27)26(17)20(16)18)11-14-3-5-15(6-4-14)21(22,23)24/h3-6,13,16-18,20H,7-12H2,1-2H3/t16-,17+,18+,20+/m0/s1. The molecule has 0 saturated carbocycles. The molecule has 0 spiro atoms. The first-order valence-corrected chi connectivity index (χ1v) is 10.1. The molecule has 4 rings (SSSR count). The number of morpholine rings is 1. The molecular formula is C21H27F3N2O2. The van der Waals surface area contributed by atoms with Crippen LogP contribution in [0.15, 0.2) is 24.3 Å². The van der Waals surface area contributed by atoms with E-state index in [-0.39, 0.29) is 30.1 Å². The van der Waals surface area contributed by atoms with Crippen molar-refractivity contribution in [2.45, 2.75) is 70.1 Å². The molecule has 7 heteroatoms. The molecule has 0 radical (unpaired) electrons. The Morgan fingerprint density at radius 1 is 1.18 bits per heavy atom. The third kappa shape index (κ3) is 3.54. The Kier molecular flexibility index (Phi) is 5.16. The van der Waals surface area contributed by atoms with Gasteiger partial charge in [-0.15, -0.1) is 0 Å². The van der Waals surface area contributed by atoms with Crippen LogP contribution in [-0.4, -0.2) is 53.1 Å². The zero-order chi connectivity index (χ0) is 20.1. The molecule has 0 aliphatic carbocycles. The molecule has 1 aromatic rings. The minimum absolute atomic E-state index is 0.0469. The fourth-order valence-corrected chi connectivity index (χ4v) is 5.01. The molecule has 0 unspecified atom stereocenters. The fraction of sp³-hybridized carbons (Fsp3) is 0.667. The molecule has 3 aliphatic heterocycles. The summed E-state index contributed by atoms with van der Waals surface area (Å²) in [5.74, 6) is 0.540. The number of rotatable bonds is 3. The van der Waals surface area contributed by atoms with E-state index in [9.17, 15) is 18.0 Å². The molecule has 1 amide bonds. The zero-order valence-corrected chi connectivity index (χ0v) is 16.3. The smallest absolute Gasteiger partial charge is 0.374 e. The predicted octanol–water partition coefficient (Wildman–Crippen LogP) is 3.69. The van der Waals surface area contributed by atoms with Gasteiger partial charge in [-0.05, 0) is 36.5 Å². The number of ether oxygens (including phenoxy) is 1. The fourth-order valence-electron chi connectivity index (χ4n) is 5.01. The molecule has 4 atom stereocenters. The maximum atomic E-state index is 12.8. The topological polar surface area (TPSA) is 32.8 Å². The second kappa shape index (κ2) is 7.34.